The van der Waals surface area contributed by atoms with Crippen LogP contribution in [0.1, 0.15) is 6.92 Å². The van der Waals surface area contributed by atoms with Gasteiger partial charge in [-0.05, 0) is 31.0 Å². The zero-order valence-corrected chi connectivity index (χ0v) is 7.60. The van der Waals surface area contributed by atoms with Crippen molar-refractivity contribution in [1.29, 1.82) is 0 Å². The molecule has 0 saturated carbocycles. The average molecular weight is 182 g/mol. The van der Waals surface area contributed by atoms with E-state index < -0.39 is 0 Å². The van der Waals surface area contributed by atoms with Gasteiger partial charge in [0.15, 0.2) is 10.8 Å². The van der Waals surface area contributed by atoms with Crippen LogP contribution in [0.25, 0.3) is 0 Å². The largest absolute Gasteiger partial charge is 0.486 e. The van der Waals surface area contributed by atoms with Crippen LogP contribution < -0.4 is 9.46 Å². The Labute approximate surface area is 75.7 Å². The summed E-state index contributed by atoms with van der Waals surface area (Å²) >= 11 is 1.53. The Morgan fingerprint density at radius 3 is 3.58 bits per heavy atom. The monoisotopic (exact) mass is 182 g/mol. The van der Waals surface area contributed by atoms with E-state index in [9.17, 15) is 0 Å². The number of hydrogen-bond donors (Lipinski definition) is 1. The summed E-state index contributed by atoms with van der Waals surface area (Å²) < 4.78 is 8.79. The Kier molecular flexibility index (Phi) is 2.19. The molecule has 0 bridgehead atoms. The lowest BCUT2D eigenvalue weighted by molar-refractivity contribution is 0.223. The highest BCUT2D eigenvalue weighted by atomic mass is 32.2. The van der Waals surface area contributed by atoms with Crippen molar-refractivity contribution in [2.45, 2.75) is 18.1 Å². The SMILES string of the molecule is C[C@@H]1CNSc2ncccc2O1. The number of aromatic nitrogens is 1. The van der Waals surface area contributed by atoms with E-state index in [-0.39, 0.29) is 6.10 Å². The van der Waals surface area contributed by atoms with Gasteiger partial charge < -0.3 is 4.74 Å². The summed E-state index contributed by atoms with van der Waals surface area (Å²) in [5, 5.41) is 0.918. The van der Waals surface area contributed by atoms with Crippen LogP contribution >= 0.6 is 11.9 Å². The van der Waals surface area contributed by atoms with Crippen molar-refractivity contribution in [3.63, 3.8) is 0 Å². The molecule has 64 valence electrons. The van der Waals surface area contributed by atoms with Crippen LogP contribution in [0.2, 0.25) is 0 Å². The van der Waals surface area contributed by atoms with Gasteiger partial charge in [0.2, 0.25) is 0 Å². The molecule has 0 saturated heterocycles. The molecule has 1 N–H and O–H groups in total. The van der Waals surface area contributed by atoms with Crippen molar-refractivity contribution in [2.24, 2.45) is 0 Å². The maximum absolute atomic E-state index is 5.61. The number of hydrogen-bond acceptors (Lipinski definition) is 4. The fourth-order valence-electron chi connectivity index (χ4n) is 1.03. The van der Waals surface area contributed by atoms with Crippen molar-refractivity contribution in [2.75, 3.05) is 6.54 Å². The lowest BCUT2D eigenvalue weighted by Crippen LogP contribution is -2.22. The fraction of sp³-hybridized carbons (Fsp3) is 0.375. The van der Waals surface area contributed by atoms with Gasteiger partial charge in [-0.1, -0.05) is 0 Å². The second kappa shape index (κ2) is 3.33. The van der Waals surface area contributed by atoms with Gasteiger partial charge in [-0.25, -0.2) is 4.98 Å². The molecule has 2 rings (SSSR count). The summed E-state index contributed by atoms with van der Waals surface area (Å²) in [5.74, 6) is 0.875. The zero-order chi connectivity index (χ0) is 8.39. The smallest absolute Gasteiger partial charge is 0.153 e. The quantitative estimate of drug-likeness (QED) is 0.616. The van der Waals surface area contributed by atoms with Gasteiger partial charge in [-0.3, -0.25) is 4.72 Å². The molecule has 1 aromatic rings. The van der Waals surface area contributed by atoms with E-state index in [4.69, 9.17) is 4.74 Å². The molecule has 0 aliphatic carbocycles. The molecule has 2 heterocycles. The zero-order valence-electron chi connectivity index (χ0n) is 6.78. The normalized spacial score (nSPS) is 22.2. The molecule has 0 amide bonds. The van der Waals surface area contributed by atoms with E-state index in [1.807, 2.05) is 19.1 Å². The Morgan fingerprint density at radius 2 is 2.67 bits per heavy atom. The molecule has 0 unspecified atom stereocenters. The first-order valence-electron chi connectivity index (χ1n) is 3.87. The molecule has 1 aliphatic heterocycles. The summed E-state index contributed by atoms with van der Waals surface area (Å²) in [7, 11) is 0. The van der Waals surface area contributed by atoms with Crippen LogP contribution in [0.4, 0.5) is 0 Å². The van der Waals surface area contributed by atoms with Crippen LogP contribution in [-0.2, 0) is 0 Å². The Balaban J connectivity index is 2.31. The van der Waals surface area contributed by atoms with Crippen molar-refractivity contribution < 1.29 is 4.74 Å². The van der Waals surface area contributed by atoms with Gasteiger partial charge in [-0.2, -0.15) is 0 Å². The summed E-state index contributed by atoms with van der Waals surface area (Å²) in [4.78, 5) is 4.19. The standard InChI is InChI=1S/C8H10N2OS/c1-6-5-10-12-8-7(11-6)3-2-4-9-8/h2-4,6,10H,5H2,1H3/t6-/m1/s1. The third kappa shape index (κ3) is 1.54. The van der Waals surface area contributed by atoms with Crippen molar-refractivity contribution in [3.8, 4) is 5.75 Å². The van der Waals surface area contributed by atoms with E-state index in [1.165, 1.54) is 11.9 Å². The van der Waals surface area contributed by atoms with Crippen molar-refractivity contribution in [3.05, 3.63) is 18.3 Å². The molecule has 1 aliphatic rings. The van der Waals surface area contributed by atoms with E-state index in [2.05, 4.69) is 9.71 Å². The van der Waals surface area contributed by atoms with Gasteiger partial charge >= 0.3 is 0 Å². The topological polar surface area (TPSA) is 34.2 Å². The van der Waals surface area contributed by atoms with Gasteiger partial charge in [-0.15, -0.1) is 0 Å². The number of pyridine rings is 1. The molecule has 1 aromatic heterocycles. The summed E-state index contributed by atoms with van der Waals surface area (Å²) in [6.07, 6.45) is 1.98. The lowest BCUT2D eigenvalue weighted by atomic mass is 10.4. The molecule has 0 spiro atoms. The van der Waals surface area contributed by atoms with E-state index in [0.29, 0.717) is 0 Å². The minimum Gasteiger partial charge on any atom is -0.486 e. The molecular weight excluding hydrogens is 172 g/mol. The van der Waals surface area contributed by atoms with E-state index in [0.717, 1.165) is 17.3 Å². The molecule has 0 aromatic carbocycles. The second-order valence-corrected chi connectivity index (χ2v) is 3.57. The van der Waals surface area contributed by atoms with Crippen LogP contribution in [0.15, 0.2) is 23.4 Å². The Bertz CT molecular complexity index is 280. The van der Waals surface area contributed by atoms with Crippen LogP contribution in [0.3, 0.4) is 0 Å². The number of nitrogens with one attached hydrogen (secondary N) is 1. The molecule has 3 nitrogen and oxygen atoms in total. The highest BCUT2D eigenvalue weighted by Gasteiger charge is 2.13. The Hall–Kier alpha value is -0.740. The maximum atomic E-state index is 5.61. The Morgan fingerprint density at radius 1 is 1.75 bits per heavy atom. The molecule has 0 fully saturated rings. The molecule has 1 atom stereocenters. The van der Waals surface area contributed by atoms with E-state index in [1.54, 1.807) is 6.20 Å². The lowest BCUT2D eigenvalue weighted by Gasteiger charge is -2.09. The van der Waals surface area contributed by atoms with Crippen LogP contribution in [0, 0.1) is 0 Å². The molecule has 0 radical (unpaired) electrons. The molecule has 12 heavy (non-hydrogen) atoms. The second-order valence-electron chi connectivity index (χ2n) is 2.69. The predicted molar refractivity (Wildman–Crippen MR) is 48.2 cm³/mol. The predicted octanol–water partition coefficient (Wildman–Crippen LogP) is 1.46. The molecule has 4 heteroatoms. The van der Waals surface area contributed by atoms with Gasteiger partial charge in [0.05, 0.1) is 0 Å². The summed E-state index contributed by atoms with van der Waals surface area (Å²) in [5.41, 5.74) is 0. The van der Waals surface area contributed by atoms with Crippen molar-refractivity contribution in [1.82, 2.24) is 9.71 Å². The molecular formula is C8H10N2OS. The van der Waals surface area contributed by atoms with E-state index >= 15 is 0 Å². The van der Waals surface area contributed by atoms with Crippen LogP contribution in [0.5, 0.6) is 5.75 Å². The average Bonchev–Trinajstić information content (AvgIpc) is 2.25. The minimum atomic E-state index is 0.211. The number of rotatable bonds is 0. The number of ether oxygens (including phenoxy) is 1. The number of nitrogens with zero attached hydrogens (tertiary/aromatic N) is 1. The minimum absolute atomic E-state index is 0.211. The number of fused-ring (bicyclic) bond motifs is 1. The first-order chi connectivity index (χ1) is 5.86. The maximum Gasteiger partial charge on any atom is 0.153 e. The van der Waals surface area contributed by atoms with Crippen LogP contribution in [-0.4, -0.2) is 17.6 Å². The summed E-state index contributed by atoms with van der Waals surface area (Å²) in [6.45, 7) is 2.89. The van der Waals surface area contributed by atoms with Crippen molar-refractivity contribution >= 4 is 11.9 Å². The highest BCUT2D eigenvalue weighted by molar-refractivity contribution is 7.97. The van der Waals surface area contributed by atoms with Gasteiger partial charge in [0.25, 0.3) is 0 Å². The van der Waals surface area contributed by atoms with Gasteiger partial charge in [0.1, 0.15) is 6.10 Å². The third-order valence-electron chi connectivity index (χ3n) is 1.60. The first kappa shape index (κ1) is 7.89. The fourth-order valence-corrected chi connectivity index (χ4v) is 1.81. The first-order valence-corrected chi connectivity index (χ1v) is 4.69. The van der Waals surface area contributed by atoms with Gasteiger partial charge in [0, 0.05) is 12.7 Å². The summed E-state index contributed by atoms with van der Waals surface area (Å²) in [6, 6.07) is 3.83. The third-order valence-corrected chi connectivity index (χ3v) is 2.41. The highest BCUT2D eigenvalue weighted by Crippen LogP contribution is 2.27.